The summed E-state index contributed by atoms with van der Waals surface area (Å²) in [6.45, 7) is 0.227. The first kappa shape index (κ1) is 29.9. The molecule has 3 aliphatic rings. The van der Waals surface area contributed by atoms with Gasteiger partial charge < -0.3 is 19.5 Å². The van der Waals surface area contributed by atoms with Gasteiger partial charge in [-0.1, -0.05) is 53.7 Å². The minimum Gasteiger partial charge on any atom is -0.360 e. The van der Waals surface area contributed by atoms with Crippen LogP contribution in [0, 0.1) is 11.6 Å². The van der Waals surface area contributed by atoms with E-state index in [1.807, 2.05) is 41.1 Å². The van der Waals surface area contributed by atoms with Crippen molar-refractivity contribution in [1.82, 2.24) is 30.1 Å². The van der Waals surface area contributed by atoms with Gasteiger partial charge in [0.1, 0.15) is 35.6 Å². The number of fused-ring (bicyclic) bond motifs is 2. The Balaban J connectivity index is 1.02. The van der Waals surface area contributed by atoms with Crippen LogP contribution in [0.15, 0.2) is 85.2 Å². The van der Waals surface area contributed by atoms with Crippen LogP contribution in [0.25, 0.3) is 22.2 Å². The van der Waals surface area contributed by atoms with E-state index in [0.29, 0.717) is 29.5 Å². The molecule has 0 radical (unpaired) electrons. The number of nitrogens with one attached hydrogen (secondary N) is 1. The molecule has 5 aromatic rings. The lowest BCUT2D eigenvalue weighted by molar-refractivity contribution is -0.297. The summed E-state index contributed by atoms with van der Waals surface area (Å²) in [5.41, 5.74) is 2.74. The molecule has 4 heterocycles. The Kier molecular flexibility index (Phi) is 8.00. The molecule has 7 unspecified atom stereocenters. The molecule has 1 aliphatic carbocycles. The van der Waals surface area contributed by atoms with Crippen molar-refractivity contribution in [2.24, 2.45) is 0 Å². The first-order valence-corrected chi connectivity index (χ1v) is 16.1. The smallest absolute Gasteiger partial charge is 0.249 e. The minimum absolute atomic E-state index is 0.0317. The molecule has 7 atom stereocenters. The average molecular weight is 641 g/mol. The van der Waals surface area contributed by atoms with E-state index < -0.39 is 30.6 Å². The van der Waals surface area contributed by atoms with Crippen LogP contribution in [0.3, 0.4) is 0 Å². The monoisotopic (exact) mass is 640 g/mol. The summed E-state index contributed by atoms with van der Waals surface area (Å²) in [6.07, 6.45) is 4.50. The highest BCUT2D eigenvalue weighted by Crippen LogP contribution is 2.40. The number of carbonyl (C=O) groups is 1. The summed E-state index contributed by atoms with van der Waals surface area (Å²) >= 11 is 0. The van der Waals surface area contributed by atoms with Crippen LogP contribution >= 0.6 is 0 Å². The fourth-order valence-corrected chi connectivity index (χ4v) is 7.19. The van der Waals surface area contributed by atoms with Gasteiger partial charge in [0.05, 0.1) is 42.0 Å². The van der Waals surface area contributed by atoms with Crippen molar-refractivity contribution in [2.75, 3.05) is 6.61 Å². The van der Waals surface area contributed by atoms with Gasteiger partial charge in [0.2, 0.25) is 5.91 Å². The fraction of sp³-hybridized carbons (Fsp3) is 0.371. The third-order valence-corrected chi connectivity index (χ3v) is 9.49. The highest BCUT2D eigenvalue weighted by atomic mass is 19.1. The van der Waals surface area contributed by atoms with Gasteiger partial charge in [-0.05, 0) is 49.9 Å². The van der Waals surface area contributed by atoms with E-state index in [4.69, 9.17) is 14.2 Å². The van der Waals surface area contributed by atoms with Gasteiger partial charge in [-0.15, -0.1) is 5.10 Å². The van der Waals surface area contributed by atoms with Crippen LogP contribution in [0.5, 0.6) is 0 Å². The Morgan fingerprint density at radius 2 is 1.83 bits per heavy atom. The van der Waals surface area contributed by atoms with Crippen LogP contribution in [0.1, 0.15) is 56.0 Å². The average Bonchev–Trinajstić information content (AvgIpc) is 3.77. The van der Waals surface area contributed by atoms with Gasteiger partial charge in [0.15, 0.2) is 6.29 Å². The molecule has 0 spiro atoms. The van der Waals surface area contributed by atoms with Crippen LogP contribution in [0.2, 0.25) is 0 Å². The quantitative estimate of drug-likeness (QED) is 0.255. The lowest BCUT2D eigenvalue weighted by Crippen LogP contribution is -2.57. The fourth-order valence-electron chi connectivity index (χ4n) is 7.19. The number of ether oxygens (including phenoxy) is 3. The molecule has 2 aromatic heterocycles. The molecular weight excluding hydrogens is 606 g/mol. The number of rotatable bonds is 6. The largest absolute Gasteiger partial charge is 0.360 e. The Labute approximate surface area is 269 Å². The Morgan fingerprint density at radius 1 is 0.957 bits per heavy atom. The van der Waals surface area contributed by atoms with E-state index in [1.165, 1.54) is 18.2 Å². The first-order chi connectivity index (χ1) is 23.0. The summed E-state index contributed by atoms with van der Waals surface area (Å²) in [5.74, 6) is -0.875. The molecule has 1 saturated carbocycles. The van der Waals surface area contributed by atoms with Crippen molar-refractivity contribution >= 4 is 16.8 Å². The van der Waals surface area contributed by atoms with Crippen LogP contribution in [-0.4, -0.2) is 61.6 Å². The summed E-state index contributed by atoms with van der Waals surface area (Å²) in [4.78, 5) is 13.8. The van der Waals surface area contributed by atoms with Crippen LogP contribution in [-0.2, 0) is 19.0 Å². The van der Waals surface area contributed by atoms with E-state index in [2.05, 4.69) is 20.7 Å². The van der Waals surface area contributed by atoms with E-state index in [9.17, 15) is 13.6 Å². The van der Waals surface area contributed by atoms with E-state index in [1.54, 1.807) is 35.3 Å². The second-order valence-electron chi connectivity index (χ2n) is 12.5. The predicted molar refractivity (Wildman–Crippen MR) is 167 cm³/mol. The molecule has 2 aliphatic heterocycles. The van der Waals surface area contributed by atoms with Gasteiger partial charge >= 0.3 is 0 Å². The van der Waals surface area contributed by atoms with Gasteiger partial charge in [-0.3, -0.25) is 9.48 Å². The normalized spacial score (nSPS) is 27.7. The molecule has 1 amide bonds. The van der Waals surface area contributed by atoms with Gasteiger partial charge in [0.25, 0.3) is 0 Å². The topological polar surface area (TPSA) is 105 Å². The van der Waals surface area contributed by atoms with E-state index >= 15 is 0 Å². The predicted octanol–water partition coefficient (Wildman–Crippen LogP) is 5.69. The molecular formula is C35H34F2N6O4. The molecule has 1 N–H and O–H groups in total. The number of nitrogens with zero attached hydrogens (tertiary/aromatic N) is 5. The molecule has 242 valence electrons. The molecule has 2 saturated heterocycles. The molecule has 8 rings (SSSR count). The zero-order valence-electron chi connectivity index (χ0n) is 25.5. The first-order valence-electron chi connectivity index (χ1n) is 16.1. The van der Waals surface area contributed by atoms with E-state index in [0.717, 1.165) is 30.3 Å². The number of halogens is 2. The SMILES string of the molecule is O=C(NC1CCCC(n2ncc3c(F)cccc32)C1)C1CC(n2cc(-c3cccc(F)c3)nn2)C2OC(c3ccccc3)OCC2O1. The number of hydrogen-bond acceptors (Lipinski definition) is 7. The second-order valence-corrected chi connectivity index (χ2v) is 12.5. The van der Waals surface area contributed by atoms with Gasteiger partial charge in [0, 0.05) is 23.6 Å². The standard InChI is InChI=1S/C35H34F2N6O4/c36-23-10-4-9-22(15-23)28-19-42(41-40-28)30-17-31(46-32-20-45-35(47-33(30)32)21-7-2-1-3-8-21)34(44)39-24-11-5-12-25(16-24)43-29-14-6-13-27(37)26(29)18-38-43/h1-4,6-10,13-15,18-19,24-25,30-33,35H,5,11-12,16-17,20H2,(H,39,44). The molecule has 47 heavy (non-hydrogen) atoms. The van der Waals surface area contributed by atoms with Crippen molar-refractivity contribution in [3.63, 3.8) is 0 Å². The highest BCUT2D eigenvalue weighted by Gasteiger charge is 2.48. The Morgan fingerprint density at radius 3 is 2.70 bits per heavy atom. The Hall–Kier alpha value is -4.52. The zero-order chi connectivity index (χ0) is 31.9. The third kappa shape index (κ3) is 5.92. The molecule has 12 heteroatoms. The maximum Gasteiger partial charge on any atom is 0.249 e. The lowest BCUT2D eigenvalue weighted by Gasteiger charge is -2.45. The van der Waals surface area contributed by atoms with E-state index in [-0.39, 0.29) is 36.2 Å². The van der Waals surface area contributed by atoms with Gasteiger partial charge in [-0.2, -0.15) is 5.10 Å². The van der Waals surface area contributed by atoms with Crippen molar-refractivity contribution in [2.45, 2.75) is 74.8 Å². The number of amides is 1. The van der Waals surface area contributed by atoms with Crippen LogP contribution < -0.4 is 5.32 Å². The van der Waals surface area contributed by atoms with Crippen molar-refractivity contribution in [1.29, 1.82) is 0 Å². The minimum atomic E-state index is -0.788. The highest BCUT2D eigenvalue weighted by molar-refractivity contribution is 5.81. The summed E-state index contributed by atoms with van der Waals surface area (Å²) in [7, 11) is 0. The Bertz CT molecular complexity index is 1880. The molecule has 0 bridgehead atoms. The molecule has 3 fully saturated rings. The maximum absolute atomic E-state index is 14.3. The molecule has 3 aromatic carbocycles. The van der Waals surface area contributed by atoms with Crippen molar-refractivity contribution in [3.8, 4) is 11.3 Å². The number of benzene rings is 3. The number of aromatic nitrogens is 5. The summed E-state index contributed by atoms with van der Waals surface area (Å²) in [5, 5.41) is 17.0. The molecule has 10 nitrogen and oxygen atoms in total. The third-order valence-electron chi connectivity index (χ3n) is 9.49. The number of carbonyl (C=O) groups excluding carboxylic acids is 1. The maximum atomic E-state index is 14.3. The van der Waals surface area contributed by atoms with Crippen molar-refractivity contribution < 1.29 is 27.8 Å². The van der Waals surface area contributed by atoms with Crippen molar-refractivity contribution in [3.05, 3.63) is 102 Å². The second kappa shape index (κ2) is 12.6. The summed E-state index contributed by atoms with van der Waals surface area (Å²) in [6, 6.07) is 20.4. The number of hydrogen-bond donors (Lipinski definition) is 1. The lowest BCUT2D eigenvalue weighted by atomic mass is 9.90. The zero-order valence-corrected chi connectivity index (χ0v) is 25.5. The summed E-state index contributed by atoms with van der Waals surface area (Å²) < 4.78 is 50.9. The van der Waals surface area contributed by atoms with Crippen LogP contribution in [0.4, 0.5) is 8.78 Å². The van der Waals surface area contributed by atoms with Gasteiger partial charge in [-0.25, -0.2) is 13.5 Å².